The van der Waals surface area contributed by atoms with Crippen molar-refractivity contribution in [1.82, 2.24) is 15.0 Å². The lowest BCUT2D eigenvalue weighted by atomic mass is 10.1. The number of carbonyl (C=O) groups is 1. The summed E-state index contributed by atoms with van der Waals surface area (Å²) in [4.78, 5) is 30.4. The van der Waals surface area contributed by atoms with Crippen molar-refractivity contribution in [2.24, 2.45) is 22.2 Å². The molecule has 12 nitrogen and oxygen atoms in total. The normalized spacial score (nSPS) is 14.5. The molecule has 0 aliphatic carbocycles. The minimum atomic E-state index is -0.655. The van der Waals surface area contributed by atoms with Gasteiger partial charge in [-0.2, -0.15) is 4.98 Å². The molecule has 31 heavy (non-hydrogen) atoms. The number of aliphatic imine (C=N–C) groups is 1. The zero-order valence-corrected chi connectivity index (χ0v) is 17.2. The fourth-order valence-electron chi connectivity index (χ4n) is 3.08. The van der Waals surface area contributed by atoms with Gasteiger partial charge in [0.05, 0.1) is 13.2 Å². The van der Waals surface area contributed by atoms with Gasteiger partial charge in [0.15, 0.2) is 5.96 Å². The van der Waals surface area contributed by atoms with Crippen molar-refractivity contribution in [2.75, 3.05) is 48.4 Å². The van der Waals surface area contributed by atoms with E-state index in [2.05, 4.69) is 35.5 Å². The van der Waals surface area contributed by atoms with Crippen LogP contribution >= 0.6 is 0 Å². The van der Waals surface area contributed by atoms with E-state index >= 15 is 0 Å². The zero-order chi connectivity index (χ0) is 22.1. The second-order valence-corrected chi connectivity index (χ2v) is 6.95. The largest absolute Gasteiger partial charge is 0.378 e. The Morgan fingerprint density at radius 3 is 2.52 bits per heavy atom. The van der Waals surface area contributed by atoms with E-state index in [4.69, 9.17) is 21.9 Å². The van der Waals surface area contributed by atoms with E-state index < -0.39 is 11.9 Å². The monoisotopic (exact) mass is 428 g/mol. The third kappa shape index (κ3) is 6.96. The van der Waals surface area contributed by atoms with E-state index in [-0.39, 0.29) is 11.9 Å². The van der Waals surface area contributed by atoms with Crippen LogP contribution in [0.25, 0.3) is 0 Å². The molecule has 1 aliphatic rings. The number of benzene rings is 1. The van der Waals surface area contributed by atoms with E-state index in [0.717, 1.165) is 37.7 Å². The Bertz CT molecular complexity index is 880. The molecule has 1 aromatic heterocycles. The first-order chi connectivity index (χ1) is 15.0. The van der Waals surface area contributed by atoms with Crippen LogP contribution in [-0.2, 0) is 9.53 Å². The van der Waals surface area contributed by atoms with Gasteiger partial charge in [-0.1, -0.05) is 0 Å². The van der Waals surface area contributed by atoms with Crippen LogP contribution in [0.3, 0.4) is 0 Å². The van der Waals surface area contributed by atoms with Gasteiger partial charge in [0.2, 0.25) is 17.8 Å². The van der Waals surface area contributed by atoms with Gasteiger partial charge < -0.3 is 37.5 Å². The Hall–Kier alpha value is -3.67. The summed E-state index contributed by atoms with van der Waals surface area (Å²) in [6, 6.07) is 7.33. The first-order valence-corrected chi connectivity index (χ1v) is 10.0. The van der Waals surface area contributed by atoms with E-state index in [1.54, 1.807) is 0 Å². The zero-order valence-electron chi connectivity index (χ0n) is 17.2. The molecular formula is C19H28N10O2. The molecule has 1 fully saturated rings. The quantitative estimate of drug-likeness (QED) is 0.192. The predicted molar refractivity (Wildman–Crippen MR) is 119 cm³/mol. The molecule has 0 bridgehead atoms. The standard InChI is InChI=1S/C19H28N10O2/c20-16(30)15(2-1-7-23-17(21)22)27-19-25-12-24-18(28-19)26-13-3-5-14(6-4-13)29-8-10-31-11-9-29/h3-6,12,15H,1-2,7-11H2,(H2,20,30)(H4,21,22,23)(H2,24,25,26,27,28). The fourth-order valence-corrected chi connectivity index (χ4v) is 3.08. The van der Waals surface area contributed by atoms with Crippen LogP contribution in [-0.4, -0.2) is 65.7 Å². The lowest BCUT2D eigenvalue weighted by Gasteiger charge is -2.28. The number of primary amides is 1. The molecule has 166 valence electrons. The van der Waals surface area contributed by atoms with Crippen LogP contribution < -0.4 is 32.7 Å². The molecule has 2 heterocycles. The van der Waals surface area contributed by atoms with Crippen molar-refractivity contribution < 1.29 is 9.53 Å². The average Bonchev–Trinajstić information content (AvgIpc) is 2.77. The van der Waals surface area contributed by atoms with Crippen molar-refractivity contribution in [3.8, 4) is 0 Å². The molecule has 8 N–H and O–H groups in total. The molecule has 3 rings (SSSR count). The molecule has 1 aromatic carbocycles. The molecule has 0 radical (unpaired) electrons. The Kier molecular flexibility index (Phi) is 7.76. The summed E-state index contributed by atoms with van der Waals surface area (Å²) in [7, 11) is 0. The van der Waals surface area contributed by atoms with E-state index in [1.165, 1.54) is 6.33 Å². The lowest BCUT2D eigenvalue weighted by molar-refractivity contribution is -0.118. The van der Waals surface area contributed by atoms with E-state index in [0.29, 0.717) is 25.3 Å². The molecule has 2 aromatic rings. The molecule has 12 heteroatoms. The smallest absolute Gasteiger partial charge is 0.240 e. The number of aromatic nitrogens is 3. The number of hydrogen-bond acceptors (Lipinski definition) is 9. The van der Waals surface area contributed by atoms with E-state index in [1.807, 2.05) is 24.3 Å². The second kappa shape index (κ2) is 10.9. The minimum Gasteiger partial charge on any atom is -0.378 e. The number of nitrogens with two attached hydrogens (primary N) is 3. The van der Waals surface area contributed by atoms with Gasteiger partial charge in [0.25, 0.3) is 0 Å². The molecular weight excluding hydrogens is 400 g/mol. The molecule has 1 aliphatic heterocycles. The number of hydrogen-bond donors (Lipinski definition) is 5. The number of amides is 1. The number of guanidine groups is 1. The highest BCUT2D eigenvalue weighted by Gasteiger charge is 2.16. The Balaban J connectivity index is 1.58. The third-order valence-corrected chi connectivity index (χ3v) is 4.66. The third-order valence-electron chi connectivity index (χ3n) is 4.66. The second-order valence-electron chi connectivity index (χ2n) is 6.95. The van der Waals surface area contributed by atoms with Crippen LogP contribution in [0.5, 0.6) is 0 Å². The average molecular weight is 429 g/mol. The Morgan fingerprint density at radius 2 is 1.84 bits per heavy atom. The molecule has 0 spiro atoms. The van der Waals surface area contributed by atoms with Gasteiger partial charge in [-0.25, -0.2) is 9.97 Å². The van der Waals surface area contributed by atoms with Crippen LogP contribution in [0.15, 0.2) is 35.6 Å². The van der Waals surface area contributed by atoms with Crippen molar-refractivity contribution in [3.05, 3.63) is 30.6 Å². The van der Waals surface area contributed by atoms with Gasteiger partial charge in [0, 0.05) is 31.0 Å². The maximum absolute atomic E-state index is 11.7. The lowest BCUT2D eigenvalue weighted by Crippen LogP contribution is -2.36. The fraction of sp³-hybridized carbons (Fsp3) is 0.421. The maximum atomic E-state index is 11.7. The number of morpholine rings is 1. The first-order valence-electron chi connectivity index (χ1n) is 10.0. The SMILES string of the molecule is NC(=O)C(CCCN=C(N)N)Nc1ncnc(Nc2ccc(N3CCOCC3)cc2)n1. The number of nitrogens with zero attached hydrogens (tertiary/aromatic N) is 5. The highest BCUT2D eigenvalue weighted by Crippen LogP contribution is 2.21. The maximum Gasteiger partial charge on any atom is 0.240 e. The summed E-state index contributed by atoms with van der Waals surface area (Å²) in [5.74, 6) is 0.0847. The van der Waals surface area contributed by atoms with Gasteiger partial charge in [-0.05, 0) is 37.1 Å². The Morgan fingerprint density at radius 1 is 1.13 bits per heavy atom. The van der Waals surface area contributed by atoms with Gasteiger partial charge in [-0.15, -0.1) is 0 Å². The number of nitrogens with one attached hydrogen (secondary N) is 2. The molecule has 0 saturated carbocycles. The first kappa shape index (κ1) is 22.0. The number of ether oxygens (including phenoxy) is 1. The van der Waals surface area contributed by atoms with Gasteiger partial charge >= 0.3 is 0 Å². The van der Waals surface area contributed by atoms with Crippen molar-refractivity contribution in [2.45, 2.75) is 18.9 Å². The number of anilines is 4. The van der Waals surface area contributed by atoms with Crippen molar-refractivity contribution in [3.63, 3.8) is 0 Å². The highest BCUT2D eigenvalue weighted by molar-refractivity contribution is 5.82. The number of rotatable bonds is 10. The summed E-state index contributed by atoms with van der Waals surface area (Å²) in [6.07, 6.45) is 2.37. The van der Waals surface area contributed by atoms with Crippen molar-refractivity contribution >= 4 is 35.1 Å². The van der Waals surface area contributed by atoms with Gasteiger partial charge in [-0.3, -0.25) is 9.79 Å². The van der Waals surface area contributed by atoms with Crippen LogP contribution in [0.2, 0.25) is 0 Å². The topological polar surface area (TPSA) is 183 Å². The Labute approximate surface area is 180 Å². The van der Waals surface area contributed by atoms with Crippen LogP contribution in [0.1, 0.15) is 12.8 Å². The molecule has 1 atom stereocenters. The van der Waals surface area contributed by atoms with Crippen molar-refractivity contribution in [1.29, 1.82) is 0 Å². The summed E-state index contributed by atoms with van der Waals surface area (Å²) in [5.41, 5.74) is 18.0. The summed E-state index contributed by atoms with van der Waals surface area (Å²) < 4.78 is 5.39. The summed E-state index contributed by atoms with van der Waals surface area (Å²) >= 11 is 0. The molecule has 1 amide bonds. The predicted octanol–water partition coefficient (Wildman–Crippen LogP) is -0.229. The molecule has 1 saturated heterocycles. The van der Waals surface area contributed by atoms with Crippen LogP contribution in [0.4, 0.5) is 23.3 Å². The highest BCUT2D eigenvalue weighted by atomic mass is 16.5. The summed E-state index contributed by atoms with van der Waals surface area (Å²) in [6.45, 7) is 3.63. The van der Waals surface area contributed by atoms with E-state index in [9.17, 15) is 4.79 Å². The summed E-state index contributed by atoms with van der Waals surface area (Å²) in [5, 5.41) is 6.07. The minimum absolute atomic E-state index is 0.00902. The number of carbonyl (C=O) groups excluding carboxylic acids is 1. The molecule has 1 unspecified atom stereocenters. The van der Waals surface area contributed by atoms with Crippen LogP contribution in [0, 0.1) is 0 Å². The van der Waals surface area contributed by atoms with Gasteiger partial charge in [0.1, 0.15) is 12.4 Å².